The Labute approximate surface area is 226 Å². The van der Waals surface area contributed by atoms with Gasteiger partial charge in [-0.2, -0.15) is 0 Å². The van der Waals surface area contributed by atoms with Gasteiger partial charge in [-0.15, -0.1) is 0 Å². The number of hydrogen-bond acceptors (Lipinski definition) is 4. The summed E-state index contributed by atoms with van der Waals surface area (Å²) >= 11 is 0. The Morgan fingerprint density at radius 1 is 0.788 bits per heavy atom. The minimum atomic E-state index is -4.33. The molecular weight excluding hydrogens is 443 g/mol. The summed E-state index contributed by atoms with van der Waals surface area (Å²) < 4.78 is 39.6. The zero-order valence-electron chi connectivity index (χ0n) is 21.9. The summed E-state index contributed by atoms with van der Waals surface area (Å²) in [5.41, 5.74) is 2.35. The molecule has 1 aromatic carbocycles. The molecule has 0 bridgehead atoms. The smallest absolute Gasteiger partial charge is 0.748 e. The summed E-state index contributed by atoms with van der Waals surface area (Å²) in [6, 6.07) is 6.39. The predicted octanol–water partition coefficient (Wildman–Crippen LogP) is 4.59. The monoisotopic (exact) mass is 490 g/mol. The van der Waals surface area contributed by atoms with Gasteiger partial charge in [0, 0.05) is 0 Å². The van der Waals surface area contributed by atoms with Crippen LogP contribution in [0.15, 0.2) is 18.2 Å². The van der Waals surface area contributed by atoms with Gasteiger partial charge in [-0.1, -0.05) is 103 Å². The topological polar surface area (TPSA) is 66.4 Å². The van der Waals surface area contributed by atoms with Crippen molar-refractivity contribution in [3.05, 3.63) is 29.3 Å². The van der Waals surface area contributed by atoms with Crippen LogP contribution in [0.5, 0.6) is 5.75 Å². The molecule has 0 heterocycles. The van der Waals surface area contributed by atoms with E-state index in [-0.39, 0.29) is 36.2 Å². The fourth-order valence-electron chi connectivity index (χ4n) is 3.94. The second-order valence-electron chi connectivity index (χ2n) is 9.30. The first-order valence-electron chi connectivity index (χ1n) is 13.1. The van der Waals surface area contributed by atoms with Crippen molar-refractivity contribution in [2.45, 2.75) is 129 Å². The largest absolute Gasteiger partial charge is 1.00 e. The molecular formula is C27H47NaO4S. The number of hydrogen-bond donors (Lipinski definition) is 0. The Balaban J connectivity index is 0.0000102. The summed E-state index contributed by atoms with van der Waals surface area (Å²) in [7, 11) is -4.33. The van der Waals surface area contributed by atoms with Gasteiger partial charge in [0.05, 0.1) is 5.25 Å². The van der Waals surface area contributed by atoms with Crippen molar-refractivity contribution in [1.29, 1.82) is 0 Å². The van der Waals surface area contributed by atoms with Crippen LogP contribution in [-0.4, -0.2) is 24.8 Å². The quantitative estimate of drug-likeness (QED) is 0.152. The van der Waals surface area contributed by atoms with Crippen molar-refractivity contribution < 1.29 is 47.3 Å². The maximum Gasteiger partial charge on any atom is 1.00 e. The van der Waals surface area contributed by atoms with E-state index in [4.69, 9.17) is 4.74 Å². The van der Waals surface area contributed by atoms with Crippen LogP contribution in [-0.2, 0) is 23.0 Å². The SMILES string of the molecule is CCCCCCCCCc1ccc(CCCCCCCCC)c(OCC(C)S(=O)(=O)[O-])c1.[Na+]. The Kier molecular flexibility index (Phi) is 20.1. The summed E-state index contributed by atoms with van der Waals surface area (Å²) in [5.74, 6) is 0.756. The molecule has 186 valence electrons. The zero-order valence-corrected chi connectivity index (χ0v) is 24.7. The molecule has 0 spiro atoms. The van der Waals surface area contributed by atoms with Crippen molar-refractivity contribution in [2.24, 2.45) is 0 Å². The van der Waals surface area contributed by atoms with Crippen LogP contribution in [0.2, 0.25) is 0 Å². The average Bonchev–Trinajstić information content (AvgIpc) is 2.76. The number of ether oxygens (including phenoxy) is 1. The van der Waals surface area contributed by atoms with Crippen molar-refractivity contribution in [3.63, 3.8) is 0 Å². The molecule has 33 heavy (non-hydrogen) atoms. The minimum Gasteiger partial charge on any atom is -0.748 e. The summed E-state index contributed by atoms with van der Waals surface area (Å²) in [4.78, 5) is 0. The van der Waals surface area contributed by atoms with Gasteiger partial charge < -0.3 is 9.29 Å². The van der Waals surface area contributed by atoms with Gasteiger partial charge in [-0.3, -0.25) is 0 Å². The van der Waals surface area contributed by atoms with Gasteiger partial charge in [-0.25, -0.2) is 8.42 Å². The van der Waals surface area contributed by atoms with Gasteiger partial charge in [0.25, 0.3) is 0 Å². The van der Waals surface area contributed by atoms with Crippen LogP contribution in [0.25, 0.3) is 0 Å². The number of unbranched alkanes of at least 4 members (excludes halogenated alkanes) is 12. The standard InChI is InChI=1S/C27H48O4S.Na/c1-4-6-8-10-12-14-16-18-25-20-21-26(19-17-15-13-11-9-7-5-2)27(22-25)31-23-24(3)32(28,29)30;/h20-22,24H,4-19,23H2,1-3H3,(H,28,29,30);/q;+1/p-1. The second kappa shape index (κ2) is 20.2. The Hall–Kier alpha value is -0.0700. The van der Waals surface area contributed by atoms with Crippen molar-refractivity contribution in [2.75, 3.05) is 6.61 Å². The van der Waals surface area contributed by atoms with E-state index in [1.54, 1.807) is 0 Å². The molecule has 1 rings (SSSR count). The van der Waals surface area contributed by atoms with Crippen molar-refractivity contribution >= 4 is 10.1 Å². The maximum absolute atomic E-state index is 11.3. The average molecular weight is 491 g/mol. The molecule has 0 aromatic heterocycles. The van der Waals surface area contributed by atoms with E-state index in [9.17, 15) is 13.0 Å². The fourth-order valence-corrected chi connectivity index (χ4v) is 4.18. The Morgan fingerprint density at radius 3 is 1.79 bits per heavy atom. The van der Waals surface area contributed by atoms with Crippen LogP contribution >= 0.6 is 0 Å². The third kappa shape index (κ3) is 16.3. The molecule has 0 fully saturated rings. The van der Waals surface area contributed by atoms with Crippen LogP contribution < -0.4 is 34.3 Å². The number of aryl methyl sites for hydroxylation is 2. The third-order valence-corrected chi connectivity index (χ3v) is 7.34. The van der Waals surface area contributed by atoms with E-state index < -0.39 is 15.4 Å². The summed E-state index contributed by atoms with van der Waals surface area (Å²) in [5, 5.41) is -1.04. The molecule has 0 amide bonds. The first-order chi connectivity index (χ1) is 15.4. The van der Waals surface area contributed by atoms with E-state index >= 15 is 0 Å². The fraction of sp³-hybridized carbons (Fsp3) is 0.778. The Morgan fingerprint density at radius 2 is 1.27 bits per heavy atom. The van der Waals surface area contributed by atoms with E-state index in [1.165, 1.54) is 89.5 Å². The molecule has 0 aliphatic rings. The molecule has 0 N–H and O–H groups in total. The third-order valence-electron chi connectivity index (χ3n) is 6.22. The van der Waals surface area contributed by atoms with Crippen LogP contribution in [0, 0.1) is 0 Å². The summed E-state index contributed by atoms with van der Waals surface area (Å²) in [6.07, 6.45) is 19.7. The predicted molar refractivity (Wildman–Crippen MR) is 134 cm³/mol. The molecule has 4 nitrogen and oxygen atoms in total. The molecule has 1 aromatic rings. The van der Waals surface area contributed by atoms with E-state index in [2.05, 4.69) is 32.0 Å². The van der Waals surface area contributed by atoms with Gasteiger partial charge in [0.15, 0.2) is 0 Å². The normalized spacial score (nSPS) is 12.4. The summed E-state index contributed by atoms with van der Waals surface area (Å²) in [6.45, 7) is 5.80. The van der Waals surface area contributed by atoms with Crippen molar-refractivity contribution in [3.8, 4) is 5.75 Å². The number of benzene rings is 1. The van der Waals surface area contributed by atoms with Crippen LogP contribution in [0.3, 0.4) is 0 Å². The minimum absolute atomic E-state index is 0. The van der Waals surface area contributed by atoms with Gasteiger partial charge in [0.1, 0.15) is 22.5 Å². The van der Waals surface area contributed by atoms with E-state index in [0.717, 1.165) is 37.0 Å². The van der Waals surface area contributed by atoms with Gasteiger partial charge >= 0.3 is 29.6 Å². The van der Waals surface area contributed by atoms with E-state index in [0.29, 0.717) is 0 Å². The first kappa shape index (κ1) is 32.9. The Bertz CT molecular complexity index is 706. The van der Waals surface area contributed by atoms with Crippen molar-refractivity contribution in [1.82, 2.24) is 0 Å². The van der Waals surface area contributed by atoms with Crippen LogP contribution in [0.4, 0.5) is 0 Å². The van der Waals surface area contributed by atoms with Crippen LogP contribution in [0.1, 0.15) is 122 Å². The molecule has 0 saturated carbocycles. The molecule has 0 aliphatic carbocycles. The second-order valence-corrected chi connectivity index (χ2v) is 11.1. The van der Waals surface area contributed by atoms with E-state index in [1.807, 2.05) is 0 Å². The first-order valence-corrected chi connectivity index (χ1v) is 14.5. The maximum atomic E-state index is 11.3. The molecule has 0 aliphatic heterocycles. The molecule has 1 unspecified atom stereocenters. The zero-order chi connectivity index (χ0) is 23.7. The molecule has 1 atom stereocenters. The number of rotatable bonds is 20. The molecule has 0 radical (unpaired) electrons. The molecule has 0 saturated heterocycles. The molecule has 6 heteroatoms. The van der Waals surface area contributed by atoms with Gasteiger partial charge in [-0.05, 0) is 49.8 Å². The van der Waals surface area contributed by atoms with Gasteiger partial charge in [0.2, 0.25) is 0 Å².